The molecule has 8 nitrogen and oxygen atoms in total. The number of aromatic hydroxyl groups is 2. The van der Waals surface area contributed by atoms with Gasteiger partial charge in [-0.3, -0.25) is 10.1 Å². The fraction of sp³-hybridized carbons (Fsp3) is 0.190. The van der Waals surface area contributed by atoms with Gasteiger partial charge in [-0.05, 0) is 68.8 Å². The summed E-state index contributed by atoms with van der Waals surface area (Å²) >= 11 is 0. The molecule has 0 aliphatic heterocycles. The number of rotatable bonds is 4. The molecule has 0 saturated heterocycles. The molecule has 8 heteroatoms. The monoisotopic (exact) mass is 395 g/mol. The maximum absolute atomic E-state index is 12.3. The summed E-state index contributed by atoms with van der Waals surface area (Å²) in [6.07, 6.45) is 0.688. The standard InChI is InChI=1S/C21H21N3O5/c1-21(2,3)29-20(28)24-16-7-5-15(6-8-16)23-19(27)14(12-22)10-13-4-9-17(25)18(26)11-13/h4-11,25-26H,1-3H3,(H,23,27)(H,24,28)/b14-10+. The van der Waals surface area contributed by atoms with Crippen LogP contribution in [0.1, 0.15) is 26.3 Å². The summed E-state index contributed by atoms with van der Waals surface area (Å²) in [4.78, 5) is 24.1. The van der Waals surface area contributed by atoms with Crippen molar-refractivity contribution in [1.29, 1.82) is 5.26 Å². The van der Waals surface area contributed by atoms with E-state index in [9.17, 15) is 25.1 Å². The van der Waals surface area contributed by atoms with Gasteiger partial charge in [-0.25, -0.2) is 4.79 Å². The quantitative estimate of drug-likeness (QED) is 0.352. The molecule has 0 unspecified atom stereocenters. The lowest BCUT2D eigenvalue weighted by molar-refractivity contribution is -0.112. The van der Waals surface area contributed by atoms with Crippen LogP contribution in [0, 0.1) is 11.3 Å². The van der Waals surface area contributed by atoms with E-state index in [1.807, 2.05) is 0 Å². The number of carbonyl (C=O) groups excluding carboxylic acids is 2. The Labute approximate surface area is 168 Å². The molecule has 0 atom stereocenters. The number of hydrogen-bond donors (Lipinski definition) is 4. The number of hydrogen-bond acceptors (Lipinski definition) is 6. The molecule has 0 saturated carbocycles. The van der Waals surface area contributed by atoms with E-state index < -0.39 is 17.6 Å². The minimum atomic E-state index is -0.645. The van der Waals surface area contributed by atoms with Crippen LogP contribution in [0.15, 0.2) is 48.0 Å². The van der Waals surface area contributed by atoms with Crippen molar-refractivity contribution in [2.24, 2.45) is 0 Å². The Morgan fingerprint density at radius 2 is 1.59 bits per heavy atom. The van der Waals surface area contributed by atoms with E-state index in [1.165, 1.54) is 24.3 Å². The molecule has 150 valence electrons. The normalized spacial score (nSPS) is 11.3. The number of amides is 2. The highest BCUT2D eigenvalue weighted by Gasteiger charge is 2.16. The molecule has 0 aliphatic rings. The zero-order valence-electron chi connectivity index (χ0n) is 16.2. The smallest absolute Gasteiger partial charge is 0.412 e. The van der Waals surface area contributed by atoms with Crippen LogP contribution in [0.3, 0.4) is 0 Å². The zero-order chi connectivity index (χ0) is 21.6. The van der Waals surface area contributed by atoms with Gasteiger partial charge in [-0.2, -0.15) is 5.26 Å². The lowest BCUT2D eigenvalue weighted by Gasteiger charge is -2.19. The molecule has 2 rings (SSSR count). The SMILES string of the molecule is CC(C)(C)OC(=O)Nc1ccc(NC(=O)/C(C#N)=C/c2ccc(O)c(O)c2)cc1. The van der Waals surface area contributed by atoms with E-state index in [0.29, 0.717) is 16.9 Å². The predicted molar refractivity (Wildman–Crippen MR) is 108 cm³/mol. The van der Waals surface area contributed by atoms with Gasteiger partial charge in [0.2, 0.25) is 0 Å². The number of nitriles is 1. The molecular formula is C21H21N3O5. The molecule has 0 spiro atoms. The Morgan fingerprint density at radius 1 is 1.00 bits per heavy atom. The van der Waals surface area contributed by atoms with Crippen LogP contribution in [0.25, 0.3) is 6.08 Å². The Morgan fingerprint density at radius 3 is 2.10 bits per heavy atom. The fourth-order valence-electron chi connectivity index (χ4n) is 2.20. The van der Waals surface area contributed by atoms with Gasteiger partial charge in [0.05, 0.1) is 0 Å². The summed E-state index contributed by atoms with van der Waals surface area (Å²) < 4.78 is 5.16. The summed E-state index contributed by atoms with van der Waals surface area (Å²) in [7, 11) is 0. The predicted octanol–water partition coefficient (Wildman–Crippen LogP) is 3.99. The maximum Gasteiger partial charge on any atom is 0.412 e. The second-order valence-corrected chi connectivity index (χ2v) is 7.08. The van der Waals surface area contributed by atoms with Gasteiger partial charge in [0.1, 0.15) is 17.2 Å². The summed E-state index contributed by atoms with van der Waals surface area (Å²) in [5.41, 5.74) is 0.467. The zero-order valence-corrected chi connectivity index (χ0v) is 16.2. The molecule has 0 heterocycles. The first kappa shape index (κ1) is 21.3. The molecule has 2 amide bonds. The molecule has 0 radical (unpaired) electrons. The molecule has 0 aliphatic carbocycles. The summed E-state index contributed by atoms with van der Waals surface area (Å²) in [6.45, 7) is 5.26. The van der Waals surface area contributed by atoms with Gasteiger partial charge in [-0.15, -0.1) is 0 Å². The number of anilines is 2. The average molecular weight is 395 g/mol. The van der Waals surface area contributed by atoms with Crippen LogP contribution >= 0.6 is 0 Å². The average Bonchev–Trinajstić information content (AvgIpc) is 2.62. The van der Waals surface area contributed by atoms with Crippen LogP contribution in [0.5, 0.6) is 11.5 Å². The summed E-state index contributed by atoms with van der Waals surface area (Å²) in [5.74, 6) is -1.30. The number of benzene rings is 2. The Balaban J connectivity index is 2.05. The number of carbonyl (C=O) groups is 2. The minimum Gasteiger partial charge on any atom is -0.504 e. The number of ether oxygens (including phenoxy) is 1. The molecular weight excluding hydrogens is 374 g/mol. The molecule has 2 aromatic rings. The van der Waals surface area contributed by atoms with Crippen molar-refractivity contribution in [3.05, 3.63) is 53.6 Å². The van der Waals surface area contributed by atoms with Crippen molar-refractivity contribution in [1.82, 2.24) is 0 Å². The lowest BCUT2D eigenvalue weighted by atomic mass is 10.1. The topological polar surface area (TPSA) is 132 Å². The largest absolute Gasteiger partial charge is 0.504 e. The maximum atomic E-state index is 12.3. The molecule has 0 fully saturated rings. The number of phenols is 2. The third kappa shape index (κ3) is 6.59. The van der Waals surface area contributed by atoms with E-state index in [0.717, 1.165) is 0 Å². The van der Waals surface area contributed by atoms with Crippen LogP contribution < -0.4 is 10.6 Å². The van der Waals surface area contributed by atoms with E-state index in [2.05, 4.69) is 10.6 Å². The third-order valence-electron chi connectivity index (χ3n) is 3.46. The molecule has 2 aromatic carbocycles. The number of nitrogens with zero attached hydrogens (tertiary/aromatic N) is 1. The van der Waals surface area contributed by atoms with Gasteiger partial charge < -0.3 is 20.3 Å². The van der Waals surface area contributed by atoms with Crippen LogP contribution in [-0.2, 0) is 9.53 Å². The Bertz CT molecular complexity index is 983. The highest BCUT2D eigenvalue weighted by Crippen LogP contribution is 2.26. The van der Waals surface area contributed by atoms with Gasteiger partial charge in [0, 0.05) is 11.4 Å². The second-order valence-electron chi connectivity index (χ2n) is 7.08. The van der Waals surface area contributed by atoms with Gasteiger partial charge in [0.15, 0.2) is 11.5 Å². The van der Waals surface area contributed by atoms with Crippen molar-refractivity contribution in [2.45, 2.75) is 26.4 Å². The van der Waals surface area contributed by atoms with Crippen molar-refractivity contribution in [3.8, 4) is 17.6 Å². The molecule has 0 bridgehead atoms. The highest BCUT2D eigenvalue weighted by atomic mass is 16.6. The first-order valence-corrected chi connectivity index (χ1v) is 8.62. The van der Waals surface area contributed by atoms with Crippen LogP contribution in [0.4, 0.5) is 16.2 Å². The van der Waals surface area contributed by atoms with E-state index in [4.69, 9.17) is 4.74 Å². The number of phenolic OH excluding ortho intramolecular Hbond substituents is 2. The third-order valence-corrected chi connectivity index (χ3v) is 3.46. The van der Waals surface area contributed by atoms with E-state index in [1.54, 1.807) is 51.1 Å². The minimum absolute atomic E-state index is 0.189. The van der Waals surface area contributed by atoms with Crippen molar-refractivity contribution in [3.63, 3.8) is 0 Å². The molecule has 4 N–H and O–H groups in total. The van der Waals surface area contributed by atoms with Gasteiger partial charge in [0.25, 0.3) is 5.91 Å². The molecule has 0 aromatic heterocycles. The summed E-state index contributed by atoms with van der Waals surface area (Å²) in [5, 5.41) is 33.2. The number of nitrogens with one attached hydrogen (secondary N) is 2. The summed E-state index contributed by atoms with van der Waals surface area (Å²) in [6, 6.07) is 12.0. The lowest BCUT2D eigenvalue weighted by Crippen LogP contribution is -2.27. The van der Waals surface area contributed by atoms with E-state index >= 15 is 0 Å². The van der Waals surface area contributed by atoms with Gasteiger partial charge in [-0.1, -0.05) is 6.07 Å². The first-order chi connectivity index (χ1) is 13.6. The van der Waals surface area contributed by atoms with E-state index in [-0.39, 0.29) is 17.1 Å². The van der Waals surface area contributed by atoms with Crippen molar-refractivity contribution < 1.29 is 24.5 Å². The molecule has 29 heavy (non-hydrogen) atoms. The van der Waals surface area contributed by atoms with Gasteiger partial charge >= 0.3 is 6.09 Å². The van der Waals surface area contributed by atoms with Crippen molar-refractivity contribution >= 4 is 29.5 Å². The second kappa shape index (κ2) is 8.80. The highest BCUT2D eigenvalue weighted by molar-refractivity contribution is 6.09. The Kier molecular flexibility index (Phi) is 6.47. The Hall–Kier alpha value is -3.99. The first-order valence-electron chi connectivity index (χ1n) is 8.62. The van der Waals surface area contributed by atoms with Crippen LogP contribution in [-0.4, -0.2) is 27.8 Å². The van der Waals surface area contributed by atoms with Crippen molar-refractivity contribution in [2.75, 3.05) is 10.6 Å². The van der Waals surface area contributed by atoms with Crippen LogP contribution in [0.2, 0.25) is 0 Å². The fourth-order valence-corrected chi connectivity index (χ4v) is 2.20.